The quantitative estimate of drug-likeness (QED) is 0.833. The molecule has 0 saturated carbocycles. The zero-order valence-corrected chi connectivity index (χ0v) is 9.50. The fourth-order valence-corrected chi connectivity index (χ4v) is 1.97. The van der Waals surface area contributed by atoms with E-state index in [0.717, 1.165) is 16.9 Å². The van der Waals surface area contributed by atoms with Crippen LogP contribution < -0.4 is 9.84 Å². The fourth-order valence-electron chi connectivity index (χ4n) is 1.30. The number of halogens is 1. The van der Waals surface area contributed by atoms with E-state index in [1.165, 1.54) is 12.1 Å². The molecule has 0 fully saturated rings. The molecule has 0 amide bonds. The van der Waals surface area contributed by atoms with Gasteiger partial charge in [0.2, 0.25) is 0 Å². The van der Waals surface area contributed by atoms with Gasteiger partial charge in [-0.05, 0) is 29.1 Å². The van der Waals surface area contributed by atoms with Crippen molar-refractivity contribution in [3.8, 4) is 5.75 Å². The van der Waals surface area contributed by atoms with Crippen LogP contribution in [0.25, 0.3) is 0 Å². The molecule has 0 spiro atoms. The molecule has 0 radical (unpaired) electrons. The Hall–Kier alpha value is -1.88. The van der Waals surface area contributed by atoms with Gasteiger partial charge in [0.1, 0.15) is 18.2 Å². The van der Waals surface area contributed by atoms with E-state index in [-0.39, 0.29) is 23.1 Å². The maximum Gasteiger partial charge on any atom is 0.139 e. The van der Waals surface area contributed by atoms with E-state index in [9.17, 15) is 14.3 Å². The number of hydrogen-bond acceptors (Lipinski definition) is 4. The first-order valence-electron chi connectivity index (χ1n) is 4.83. The summed E-state index contributed by atoms with van der Waals surface area (Å²) in [6, 6.07) is 7.39. The topological polar surface area (TPSA) is 49.4 Å². The number of benzene rings is 1. The molecule has 0 aliphatic rings. The van der Waals surface area contributed by atoms with E-state index < -0.39 is 5.97 Å². The summed E-state index contributed by atoms with van der Waals surface area (Å²) in [4.78, 5) is 10.8. The van der Waals surface area contributed by atoms with Crippen LogP contribution in [0.1, 0.15) is 15.2 Å². The van der Waals surface area contributed by atoms with Gasteiger partial charge in [0, 0.05) is 0 Å². The smallest absolute Gasteiger partial charge is 0.139 e. The largest absolute Gasteiger partial charge is 0.544 e. The Balaban J connectivity index is 2.05. The molecule has 1 aromatic heterocycles. The average Bonchev–Trinajstić information content (AvgIpc) is 2.76. The van der Waals surface area contributed by atoms with Crippen molar-refractivity contribution >= 4 is 17.3 Å². The SMILES string of the molecule is O=C([O-])c1sccc1OCc1ccc(F)cc1. The third kappa shape index (κ3) is 2.82. The lowest BCUT2D eigenvalue weighted by Gasteiger charge is -2.07. The average molecular weight is 251 g/mol. The van der Waals surface area contributed by atoms with Crippen LogP contribution in [-0.4, -0.2) is 5.97 Å². The molecule has 1 aromatic carbocycles. The number of carboxylic acid groups (broad SMARTS) is 1. The van der Waals surface area contributed by atoms with Crippen LogP contribution >= 0.6 is 11.3 Å². The zero-order chi connectivity index (χ0) is 12.3. The first kappa shape index (κ1) is 11.6. The fraction of sp³-hybridized carbons (Fsp3) is 0.0833. The number of carboxylic acids is 1. The minimum Gasteiger partial charge on any atom is -0.544 e. The number of ether oxygens (including phenoxy) is 1. The van der Waals surface area contributed by atoms with Crippen LogP contribution in [0.3, 0.4) is 0 Å². The molecule has 2 aromatic rings. The van der Waals surface area contributed by atoms with E-state index in [0.29, 0.717) is 0 Å². The minimum absolute atomic E-state index is 0.0621. The van der Waals surface area contributed by atoms with Gasteiger partial charge < -0.3 is 14.6 Å². The van der Waals surface area contributed by atoms with Gasteiger partial charge in [0.05, 0.1) is 10.8 Å². The van der Waals surface area contributed by atoms with Crippen molar-refractivity contribution in [1.29, 1.82) is 0 Å². The van der Waals surface area contributed by atoms with Crippen molar-refractivity contribution in [2.24, 2.45) is 0 Å². The number of rotatable bonds is 4. The van der Waals surface area contributed by atoms with Gasteiger partial charge in [0.25, 0.3) is 0 Å². The zero-order valence-electron chi connectivity index (χ0n) is 8.68. The van der Waals surface area contributed by atoms with Gasteiger partial charge in [-0.1, -0.05) is 12.1 Å². The number of hydrogen-bond donors (Lipinski definition) is 0. The van der Waals surface area contributed by atoms with E-state index in [1.54, 1.807) is 23.6 Å². The van der Waals surface area contributed by atoms with Crippen molar-refractivity contribution in [1.82, 2.24) is 0 Å². The van der Waals surface area contributed by atoms with Crippen LogP contribution in [-0.2, 0) is 6.61 Å². The number of aromatic carboxylic acids is 1. The lowest BCUT2D eigenvalue weighted by atomic mass is 10.2. The Morgan fingerprint density at radius 1 is 1.29 bits per heavy atom. The standard InChI is InChI=1S/C12H9FO3S/c13-9-3-1-8(2-4-9)7-16-10-5-6-17-11(10)12(14)15/h1-6H,7H2,(H,14,15)/p-1. The van der Waals surface area contributed by atoms with Crippen LogP contribution in [0.2, 0.25) is 0 Å². The molecule has 17 heavy (non-hydrogen) atoms. The van der Waals surface area contributed by atoms with Crippen molar-refractivity contribution in [3.63, 3.8) is 0 Å². The number of thiophene rings is 1. The lowest BCUT2D eigenvalue weighted by Crippen LogP contribution is -2.21. The monoisotopic (exact) mass is 251 g/mol. The van der Waals surface area contributed by atoms with Crippen LogP contribution in [0, 0.1) is 5.82 Å². The third-order valence-corrected chi connectivity index (χ3v) is 3.00. The van der Waals surface area contributed by atoms with Crippen LogP contribution in [0.15, 0.2) is 35.7 Å². The summed E-state index contributed by atoms with van der Waals surface area (Å²) in [5.41, 5.74) is 0.766. The maximum absolute atomic E-state index is 12.6. The number of carbonyl (C=O) groups is 1. The summed E-state index contributed by atoms with van der Waals surface area (Å²) in [5.74, 6) is -1.30. The van der Waals surface area contributed by atoms with E-state index >= 15 is 0 Å². The predicted molar refractivity (Wildman–Crippen MR) is 59.4 cm³/mol. The molecule has 0 unspecified atom stereocenters. The maximum atomic E-state index is 12.6. The molecule has 0 saturated heterocycles. The van der Waals surface area contributed by atoms with Gasteiger partial charge in [0.15, 0.2) is 0 Å². The van der Waals surface area contributed by atoms with Gasteiger partial charge in [-0.2, -0.15) is 0 Å². The Morgan fingerprint density at radius 3 is 2.65 bits per heavy atom. The molecular weight excluding hydrogens is 243 g/mol. The molecule has 3 nitrogen and oxygen atoms in total. The molecule has 0 aliphatic heterocycles. The Labute approximate surface area is 101 Å². The van der Waals surface area contributed by atoms with Gasteiger partial charge in [-0.25, -0.2) is 4.39 Å². The third-order valence-electron chi connectivity index (χ3n) is 2.12. The van der Waals surface area contributed by atoms with Gasteiger partial charge in [-0.15, -0.1) is 11.3 Å². The van der Waals surface area contributed by atoms with Crippen molar-refractivity contribution in [2.75, 3.05) is 0 Å². The second kappa shape index (κ2) is 4.97. The molecule has 1 heterocycles. The Kier molecular flexibility index (Phi) is 3.39. The molecule has 0 N–H and O–H groups in total. The van der Waals surface area contributed by atoms with Crippen LogP contribution in [0.5, 0.6) is 5.75 Å². The highest BCUT2D eigenvalue weighted by Crippen LogP contribution is 2.24. The molecule has 2 rings (SSSR count). The molecular formula is C12H8FO3S-. The highest BCUT2D eigenvalue weighted by atomic mass is 32.1. The predicted octanol–water partition coefficient (Wildman–Crippen LogP) is 1.83. The highest BCUT2D eigenvalue weighted by molar-refractivity contribution is 7.12. The molecule has 0 bridgehead atoms. The summed E-state index contributed by atoms with van der Waals surface area (Å²) in [6.07, 6.45) is 0. The lowest BCUT2D eigenvalue weighted by molar-refractivity contribution is -0.254. The summed E-state index contributed by atoms with van der Waals surface area (Å²) in [6.45, 7) is 0.192. The highest BCUT2D eigenvalue weighted by Gasteiger charge is 2.06. The van der Waals surface area contributed by atoms with Crippen molar-refractivity contribution in [3.05, 3.63) is 52.0 Å². The number of carbonyl (C=O) groups excluding carboxylic acids is 1. The van der Waals surface area contributed by atoms with E-state index in [2.05, 4.69) is 0 Å². The normalized spacial score (nSPS) is 10.2. The Morgan fingerprint density at radius 2 is 2.00 bits per heavy atom. The van der Waals surface area contributed by atoms with Crippen LogP contribution in [0.4, 0.5) is 4.39 Å². The first-order chi connectivity index (χ1) is 8.16. The molecule has 5 heteroatoms. The summed E-state index contributed by atoms with van der Waals surface area (Å²) >= 11 is 1.05. The molecule has 88 valence electrons. The van der Waals surface area contributed by atoms with Gasteiger partial charge >= 0.3 is 0 Å². The first-order valence-corrected chi connectivity index (χ1v) is 5.71. The van der Waals surface area contributed by atoms with Gasteiger partial charge in [-0.3, -0.25) is 0 Å². The summed E-state index contributed by atoms with van der Waals surface area (Å²) in [7, 11) is 0. The molecule has 0 aliphatic carbocycles. The van der Waals surface area contributed by atoms with Crippen molar-refractivity contribution < 1.29 is 19.0 Å². The van der Waals surface area contributed by atoms with E-state index in [4.69, 9.17) is 4.74 Å². The second-order valence-corrected chi connectivity index (χ2v) is 4.23. The Bertz CT molecular complexity index is 519. The van der Waals surface area contributed by atoms with E-state index in [1.807, 2.05) is 0 Å². The summed E-state index contributed by atoms with van der Waals surface area (Å²) in [5, 5.41) is 12.3. The molecule has 0 atom stereocenters. The second-order valence-electron chi connectivity index (χ2n) is 3.32. The van der Waals surface area contributed by atoms with Crippen molar-refractivity contribution in [2.45, 2.75) is 6.61 Å². The minimum atomic E-state index is -1.26. The summed E-state index contributed by atoms with van der Waals surface area (Å²) < 4.78 is 18.0.